The summed E-state index contributed by atoms with van der Waals surface area (Å²) in [6.45, 7) is 0. The summed E-state index contributed by atoms with van der Waals surface area (Å²) in [5.74, 6) is -1.16. The van der Waals surface area contributed by atoms with Gasteiger partial charge in [-0.05, 0) is 62.9 Å². The van der Waals surface area contributed by atoms with E-state index in [4.69, 9.17) is 0 Å². The highest BCUT2D eigenvalue weighted by Gasteiger charge is 2.41. The Morgan fingerprint density at radius 3 is 2.50 bits per heavy atom. The second-order valence-electron chi connectivity index (χ2n) is 6.67. The average molecular weight is 384 g/mol. The molecule has 8 heteroatoms. The Hall–Kier alpha value is -1.67. The maximum atomic E-state index is 12.9. The quantitative estimate of drug-likeness (QED) is 0.724. The first-order valence-electron chi connectivity index (χ1n) is 8.66. The molecule has 0 aliphatic heterocycles. The molecule has 0 saturated heterocycles. The number of nitrogens with zero attached hydrogens (tertiary/aromatic N) is 2. The molecule has 142 valence electrons. The second kappa shape index (κ2) is 7.92. The van der Waals surface area contributed by atoms with Crippen LogP contribution >= 0.6 is 11.9 Å². The van der Waals surface area contributed by atoms with Crippen LogP contribution in [0.25, 0.3) is 11.3 Å². The van der Waals surface area contributed by atoms with E-state index < -0.39 is 12.1 Å². The van der Waals surface area contributed by atoms with Crippen molar-refractivity contribution in [3.8, 4) is 11.3 Å². The van der Waals surface area contributed by atoms with Crippen LogP contribution in [0.3, 0.4) is 0 Å². The van der Waals surface area contributed by atoms with E-state index in [2.05, 4.69) is 15.0 Å². The highest BCUT2D eigenvalue weighted by Crippen LogP contribution is 2.39. The fourth-order valence-electron chi connectivity index (χ4n) is 3.38. The van der Waals surface area contributed by atoms with Crippen molar-refractivity contribution in [3.05, 3.63) is 30.7 Å². The smallest absolute Gasteiger partial charge is 0.382 e. The molecule has 26 heavy (non-hydrogen) atoms. The lowest BCUT2D eigenvalue weighted by atomic mass is 9.85. The second-order valence-corrected chi connectivity index (χ2v) is 7.76. The number of aromatic nitrogens is 2. The fourth-order valence-corrected chi connectivity index (χ4v) is 3.93. The zero-order valence-corrected chi connectivity index (χ0v) is 15.6. The first kappa shape index (κ1) is 19.1. The molecule has 2 aromatic rings. The van der Waals surface area contributed by atoms with Gasteiger partial charge >= 0.3 is 6.18 Å². The van der Waals surface area contributed by atoms with Crippen molar-refractivity contribution < 1.29 is 13.2 Å². The number of halogens is 3. The number of benzene rings is 1. The van der Waals surface area contributed by atoms with E-state index in [1.54, 1.807) is 6.33 Å². The number of hydrogen-bond acceptors (Lipinski definition) is 4. The number of alkyl halides is 3. The normalized spacial score (nSPS) is 21.0. The Morgan fingerprint density at radius 2 is 1.92 bits per heavy atom. The molecule has 1 heterocycles. The molecule has 1 aromatic carbocycles. The van der Waals surface area contributed by atoms with Crippen LogP contribution in [-0.2, 0) is 7.05 Å². The van der Waals surface area contributed by atoms with Crippen molar-refractivity contribution in [2.24, 2.45) is 13.0 Å². The Balaban J connectivity index is 1.77. The monoisotopic (exact) mass is 384 g/mol. The Kier molecular flexibility index (Phi) is 5.82. The van der Waals surface area contributed by atoms with Gasteiger partial charge in [-0.15, -0.1) is 0 Å². The van der Waals surface area contributed by atoms with Crippen LogP contribution in [0.4, 0.5) is 18.9 Å². The number of aryl methyl sites for hydroxylation is 1. The largest absolute Gasteiger partial charge is 0.391 e. The van der Waals surface area contributed by atoms with Crippen molar-refractivity contribution in [1.82, 2.24) is 14.3 Å². The lowest BCUT2D eigenvalue weighted by molar-refractivity contribution is -0.182. The number of hydrogen-bond donors (Lipinski definition) is 2. The summed E-state index contributed by atoms with van der Waals surface area (Å²) in [5.41, 5.74) is 2.72. The molecule has 0 bridgehead atoms. The molecule has 1 aromatic heterocycles. The molecule has 1 fully saturated rings. The zero-order chi connectivity index (χ0) is 18.7. The van der Waals surface area contributed by atoms with Crippen molar-refractivity contribution >= 4 is 17.6 Å². The van der Waals surface area contributed by atoms with E-state index in [-0.39, 0.29) is 18.9 Å². The van der Waals surface area contributed by atoms with Crippen LogP contribution in [0.15, 0.2) is 35.6 Å². The fraction of sp³-hybridized carbons (Fsp3) is 0.500. The third-order valence-corrected chi connectivity index (χ3v) is 5.44. The summed E-state index contributed by atoms with van der Waals surface area (Å²) >= 11 is 1.51. The number of nitrogens with one attached hydrogen (secondary N) is 2. The predicted octanol–water partition coefficient (Wildman–Crippen LogP) is 4.85. The summed E-state index contributed by atoms with van der Waals surface area (Å²) in [6.07, 6.45) is 1.04. The molecule has 1 saturated carbocycles. The average Bonchev–Trinajstić information content (AvgIpc) is 3.02. The van der Waals surface area contributed by atoms with Crippen LogP contribution < -0.4 is 10.0 Å². The predicted molar refractivity (Wildman–Crippen MR) is 99.0 cm³/mol. The van der Waals surface area contributed by atoms with E-state index in [9.17, 15) is 13.2 Å². The van der Waals surface area contributed by atoms with E-state index >= 15 is 0 Å². The van der Waals surface area contributed by atoms with Gasteiger partial charge in [-0.1, -0.05) is 0 Å². The Bertz CT molecular complexity index is 736. The van der Waals surface area contributed by atoms with Crippen LogP contribution in [-0.4, -0.2) is 28.8 Å². The van der Waals surface area contributed by atoms with Crippen molar-refractivity contribution in [3.63, 3.8) is 0 Å². The molecular formula is C18H23F3N4S. The van der Waals surface area contributed by atoms with Gasteiger partial charge in [0, 0.05) is 35.4 Å². The molecule has 3 rings (SSSR count). The maximum absolute atomic E-state index is 12.9. The third-order valence-electron chi connectivity index (χ3n) is 4.74. The molecule has 2 N–H and O–H groups in total. The molecule has 1 aliphatic rings. The van der Waals surface area contributed by atoms with Crippen molar-refractivity contribution in [2.75, 3.05) is 12.4 Å². The standard InChI is InChI=1S/C18H23F3N4S/c1-22-26-14-7-8-16(15(9-14)17-10-25(2)11-23-17)24-13-5-3-12(4-6-13)18(19,20)21/h7-13,22,24H,3-6H2,1-2H3. The Morgan fingerprint density at radius 1 is 1.19 bits per heavy atom. The molecule has 0 radical (unpaired) electrons. The number of rotatable bonds is 5. The highest BCUT2D eigenvalue weighted by atomic mass is 32.2. The van der Waals surface area contributed by atoms with Gasteiger partial charge in [-0.3, -0.25) is 4.72 Å². The molecule has 0 unspecified atom stereocenters. The van der Waals surface area contributed by atoms with E-state index in [1.165, 1.54) is 11.9 Å². The SMILES string of the molecule is CNSc1ccc(NC2CCC(C(F)(F)F)CC2)c(-c2cn(C)cn2)c1. The topological polar surface area (TPSA) is 41.9 Å². The van der Waals surface area contributed by atoms with Gasteiger partial charge < -0.3 is 9.88 Å². The van der Waals surface area contributed by atoms with E-state index in [0.717, 1.165) is 21.8 Å². The minimum Gasteiger partial charge on any atom is -0.382 e. The lowest BCUT2D eigenvalue weighted by Gasteiger charge is -2.31. The van der Waals surface area contributed by atoms with Crippen molar-refractivity contribution in [1.29, 1.82) is 0 Å². The number of imidazole rings is 1. The van der Waals surface area contributed by atoms with E-state index in [1.807, 2.05) is 43.1 Å². The molecule has 0 spiro atoms. The summed E-state index contributed by atoms with van der Waals surface area (Å²) < 4.78 is 43.5. The Labute approximate surface area is 155 Å². The van der Waals surface area contributed by atoms with Gasteiger partial charge in [0.05, 0.1) is 17.9 Å². The van der Waals surface area contributed by atoms with Gasteiger partial charge in [-0.2, -0.15) is 13.2 Å². The van der Waals surface area contributed by atoms with Gasteiger partial charge in [0.2, 0.25) is 0 Å². The minimum atomic E-state index is -4.07. The van der Waals surface area contributed by atoms with Crippen LogP contribution in [0.1, 0.15) is 25.7 Å². The van der Waals surface area contributed by atoms with E-state index in [0.29, 0.717) is 12.8 Å². The minimum absolute atomic E-state index is 0.0545. The van der Waals surface area contributed by atoms with Gasteiger partial charge in [0.1, 0.15) is 0 Å². The molecule has 0 atom stereocenters. The summed E-state index contributed by atoms with van der Waals surface area (Å²) in [4.78, 5) is 5.48. The molecule has 0 amide bonds. The van der Waals surface area contributed by atoms with Gasteiger partial charge in [0.25, 0.3) is 0 Å². The van der Waals surface area contributed by atoms with Crippen LogP contribution in [0.2, 0.25) is 0 Å². The summed E-state index contributed by atoms with van der Waals surface area (Å²) in [7, 11) is 3.77. The highest BCUT2D eigenvalue weighted by molar-refractivity contribution is 7.97. The van der Waals surface area contributed by atoms with Gasteiger partial charge in [0.15, 0.2) is 0 Å². The van der Waals surface area contributed by atoms with Crippen LogP contribution in [0, 0.1) is 5.92 Å². The maximum Gasteiger partial charge on any atom is 0.391 e. The molecular weight excluding hydrogens is 361 g/mol. The van der Waals surface area contributed by atoms with Gasteiger partial charge in [-0.25, -0.2) is 4.98 Å². The summed E-state index contributed by atoms with van der Waals surface area (Å²) in [5, 5.41) is 3.45. The first-order chi connectivity index (χ1) is 12.4. The van der Waals surface area contributed by atoms with Crippen LogP contribution in [0.5, 0.6) is 0 Å². The molecule has 4 nitrogen and oxygen atoms in total. The third kappa shape index (κ3) is 4.54. The van der Waals surface area contributed by atoms with Crippen molar-refractivity contribution in [2.45, 2.75) is 42.8 Å². The first-order valence-corrected chi connectivity index (χ1v) is 9.47. The number of anilines is 1. The lowest BCUT2D eigenvalue weighted by Crippen LogP contribution is -2.32. The zero-order valence-electron chi connectivity index (χ0n) is 14.8. The molecule has 1 aliphatic carbocycles. The summed E-state index contributed by atoms with van der Waals surface area (Å²) in [6, 6.07) is 6.09.